The van der Waals surface area contributed by atoms with E-state index < -0.39 is 29.1 Å². The van der Waals surface area contributed by atoms with Crippen LogP contribution in [0.1, 0.15) is 6.92 Å². The lowest BCUT2D eigenvalue weighted by molar-refractivity contribution is -0.140. The minimum Gasteiger partial charge on any atom is -0.477 e. The third-order valence-electron chi connectivity index (χ3n) is 2.12. The minimum absolute atomic E-state index is 0.0554. The predicted octanol–water partition coefficient (Wildman–Crippen LogP) is 2.51. The summed E-state index contributed by atoms with van der Waals surface area (Å²) in [6.45, 7) is 1.69. The lowest BCUT2D eigenvalue weighted by Gasteiger charge is -2.12. The van der Waals surface area contributed by atoms with Gasteiger partial charge < -0.3 is 15.5 Å². The normalized spacial score (nSPS) is 9.95. The Morgan fingerprint density at radius 1 is 1.20 bits per heavy atom. The van der Waals surface area contributed by atoms with Gasteiger partial charge in [0.2, 0.25) is 0 Å². The highest BCUT2D eigenvalue weighted by Crippen LogP contribution is 2.24. The molecule has 0 aromatic heterocycles. The molecule has 0 amide bonds. The summed E-state index contributed by atoms with van der Waals surface area (Å²) in [7, 11) is 0. The molecule has 0 unspecified atom stereocenters. The Bertz CT molecular complexity index is 559. The molecule has 0 saturated carbocycles. The van der Waals surface area contributed by atoms with Gasteiger partial charge in [-0.3, -0.25) is 0 Å². The van der Waals surface area contributed by atoms with E-state index in [9.17, 15) is 18.4 Å². The smallest absolute Gasteiger partial charge is 0.345 e. The van der Waals surface area contributed by atoms with E-state index in [0.29, 0.717) is 5.75 Å². The topological polar surface area (TPSA) is 86.6 Å². The fourth-order valence-corrected chi connectivity index (χ4v) is 2.10. The zero-order valence-electron chi connectivity index (χ0n) is 10.3. The molecule has 0 atom stereocenters. The number of rotatable bonds is 6. The van der Waals surface area contributed by atoms with Gasteiger partial charge in [0.15, 0.2) is 17.2 Å². The van der Waals surface area contributed by atoms with Crippen molar-refractivity contribution in [2.75, 3.05) is 11.1 Å². The van der Waals surface area contributed by atoms with E-state index in [2.05, 4.69) is 5.32 Å². The molecule has 1 rings (SSSR count). The van der Waals surface area contributed by atoms with Gasteiger partial charge in [-0.15, -0.1) is 11.8 Å². The van der Waals surface area contributed by atoms with Gasteiger partial charge in [0, 0.05) is 11.8 Å². The maximum atomic E-state index is 13.1. The van der Waals surface area contributed by atoms with Crippen LogP contribution in [0.15, 0.2) is 28.8 Å². The Kier molecular flexibility index (Phi) is 5.51. The fraction of sp³-hybridized carbons (Fsp3) is 0.167. The molecule has 0 aliphatic rings. The number of carboxylic acids is 2. The first-order valence-electron chi connectivity index (χ1n) is 5.42. The summed E-state index contributed by atoms with van der Waals surface area (Å²) < 4.78 is 25.9. The quantitative estimate of drug-likeness (QED) is 0.425. The zero-order chi connectivity index (χ0) is 15.3. The molecule has 108 valence electrons. The van der Waals surface area contributed by atoms with E-state index in [4.69, 9.17) is 10.2 Å². The number of hydrogen-bond donors (Lipinski definition) is 3. The number of anilines is 1. The van der Waals surface area contributed by atoms with Crippen LogP contribution in [0.4, 0.5) is 14.5 Å². The van der Waals surface area contributed by atoms with E-state index in [1.165, 1.54) is 6.07 Å². The summed E-state index contributed by atoms with van der Waals surface area (Å²) in [5, 5.41) is 20.1. The van der Waals surface area contributed by atoms with Crippen molar-refractivity contribution in [2.24, 2.45) is 0 Å². The molecule has 8 heteroatoms. The maximum Gasteiger partial charge on any atom is 0.345 e. The van der Waals surface area contributed by atoms with Crippen LogP contribution in [-0.2, 0) is 9.59 Å². The second-order valence-corrected chi connectivity index (χ2v) is 4.78. The van der Waals surface area contributed by atoms with Crippen molar-refractivity contribution >= 4 is 29.4 Å². The molecule has 0 radical (unpaired) electrons. The van der Waals surface area contributed by atoms with Gasteiger partial charge >= 0.3 is 11.9 Å². The van der Waals surface area contributed by atoms with Gasteiger partial charge in [0.1, 0.15) is 0 Å². The molecule has 0 spiro atoms. The van der Waals surface area contributed by atoms with Crippen molar-refractivity contribution in [1.29, 1.82) is 0 Å². The van der Waals surface area contributed by atoms with Crippen LogP contribution in [0.5, 0.6) is 0 Å². The summed E-state index contributed by atoms with van der Waals surface area (Å²) in [5.41, 5.74) is -0.804. The van der Waals surface area contributed by atoms with Crippen molar-refractivity contribution < 1.29 is 28.6 Å². The first kappa shape index (κ1) is 16.0. The number of halogens is 2. The fourth-order valence-electron chi connectivity index (χ4n) is 1.31. The SMILES string of the molecule is CCSC(Nc1ccc(F)c(F)c1)=C(C(=O)O)C(=O)O. The lowest BCUT2D eigenvalue weighted by atomic mass is 10.2. The van der Waals surface area contributed by atoms with Crippen LogP contribution in [0.2, 0.25) is 0 Å². The Morgan fingerprint density at radius 2 is 1.80 bits per heavy atom. The van der Waals surface area contributed by atoms with Crippen molar-refractivity contribution in [3.05, 3.63) is 40.4 Å². The monoisotopic (exact) mass is 303 g/mol. The van der Waals surface area contributed by atoms with Gasteiger partial charge in [0.25, 0.3) is 0 Å². The van der Waals surface area contributed by atoms with Crippen LogP contribution in [0, 0.1) is 11.6 Å². The summed E-state index contributed by atoms with van der Waals surface area (Å²) in [6.07, 6.45) is 0. The molecule has 0 aliphatic heterocycles. The summed E-state index contributed by atoms with van der Waals surface area (Å²) in [6, 6.07) is 2.84. The molecule has 0 saturated heterocycles. The Balaban J connectivity index is 3.20. The van der Waals surface area contributed by atoms with Gasteiger partial charge in [-0.05, 0) is 17.9 Å². The number of nitrogens with one attached hydrogen (secondary N) is 1. The van der Waals surface area contributed by atoms with Gasteiger partial charge in [-0.2, -0.15) is 0 Å². The van der Waals surface area contributed by atoms with Crippen LogP contribution in [0.25, 0.3) is 0 Å². The highest BCUT2D eigenvalue weighted by molar-refractivity contribution is 8.03. The van der Waals surface area contributed by atoms with Crippen molar-refractivity contribution in [3.63, 3.8) is 0 Å². The third kappa shape index (κ3) is 3.95. The molecule has 0 aliphatic carbocycles. The first-order valence-corrected chi connectivity index (χ1v) is 6.41. The van der Waals surface area contributed by atoms with Crippen LogP contribution < -0.4 is 5.32 Å². The first-order chi connectivity index (χ1) is 9.36. The van der Waals surface area contributed by atoms with Gasteiger partial charge in [0.05, 0.1) is 5.03 Å². The van der Waals surface area contributed by atoms with E-state index in [0.717, 1.165) is 23.9 Å². The molecule has 5 nitrogen and oxygen atoms in total. The molecule has 20 heavy (non-hydrogen) atoms. The Labute approximate surface area is 117 Å². The van der Waals surface area contributed by atoms with Crippen LogP contribution in [0.3, 0.4) is 0 Å². The van der Waals surface area contributed by atoms with E-state index in [1.54, 1.807) is 6.92 Å². The number of benzene rings is 1. The second kappa shape index (κ2) is 6.90. The average molecular weight is 303 g/mol. The molecular formula is C12H11F2NO4S. The Hall–Kier alpha value is -2.09. The van der Waals surface area contributed by atoms with E-state index in [-0.39, 0.29) is 10.7 Å². The molecular weight excluding hydrogens is 292 g/mol. The second-order valence-electron chi connectivity index (χ2n) is 3.50. The molecule has 1 aromatic rings. The number of aliphatic carboxylic acids is 2. The van der Waals surface area contributed by atoms with Crippen LogP contribution >= 0.6 is 11.8 Å². The zero-order valence-corrected chi connectivity index (χ0v) is 11.1. The lowest BCUT2D eigenvalue weighted by Crippen LogP contribution is -2.17. The number of carbonyl (C=O) groups is 2. The largest absolute Gasteiger partial charge is 0.477 e. The van der Waals surface area contributed by atoms with Crippen LogP contribution in [-0.4, -0.2) is 27.9 Å². The molecule has 0 bridgehead atoms. The molecule has 0 heterocycles. The molecule has 0 fully saturated rings. The number of carboxylic acid groups (broad SMARTS) is 2. The maximum absolute atomic E-state index is 13.1. The average Bonchev–Trinajstić information content (AvgIpc) is 2.33. The summed E-state index contributed by atoms with van der Waals surface area (Å²) in [5.74, 6) is -5.02. The predicted molar refractivity (Wildman–Crippen MR) is 70.4 cm³/mol. The van der Waals surface area contributed by atoms with Gasteiger partial charge in [-0.1, -0.05) is 6.92 Å². The van der Waals surface area contributed by atoms with E-state index in [1.807, 2.05) is 0 Å². The third-order valence-corrected chi connectivity index (χ3v) is 3.00. The molecule has 1 aromatic carbocycles. The minimum atomic E-state index is -1.62. The van der Waals surface area contributed by atoms with Crippen molar-refractivity contribution in [2.45, 2.75) is 6.92 Å². The van der Waals surface area contributed by atoms with E-state index >= 15 is 0 Å². The van der Waals surface area contributed by atoms with Crippen molar-refractivity contribution in [3.8, 4) is 0 Å². The highest BCUT2D eigenvalue weighted by Gasteiger charge is 2.22. The summed E-state index contributed by atoms with van der Waals surface area (Å²) in [4.78, 5) is 21.9. The highest BCUT2D eigenvalue weighted by atomic mass is 32.2. The number of hydrogen-bond acceptors (Lipinski definition) is 4. The number of thioether (sulfide) groups is 1. The molecule has 3 N–H and O–H groups in total. The Morgan fingerprint density at radius 3 is 2.25 bits per heavy atom. The van der Waals surface area contributed by atoms with Gasteiger partial charge in [-0.25, -0.2) is 18.4 Å². The van der Waals surface area contributed by atoms with Crippen molar-refractivity contribution in [1.82, 2.24) is 0 Å². The standard InChI is InChI=1S/C12H11F2NO4S/c1-2-20-10(9(11(16)17)12(18)19)15-6-3-4-7(13)8(14)5-6/h3-5,15H,2H2,1H3,(H,16,17)(H,18,19). The summed E-state index contributed by atoms with van der Waals surface area (Å²) >= 11 is 0.937.